The van der Waals surface area contributed by atoms with E-state index in [1.165, 1.54) is 6.07 Å². The highest BCUT2D eigenvalue weighted by atomic mass is 19.1. The molecule has 0 spiro atoms. The van der Waals surface area contributed by atoms with Crippen molar-refractivity contribution in [2.75, 3.05) is 20.2 Å². The summed E-state index contributed by atoms with van der Waals surface area (Å²) >= 11 is 0. The van der Waals surface area contributed by atoms with E-state index in [-0.39, 0.29) is 11.9 Å². The van der Waals surface area contributed by atoms with E-state index in [0.29, 0.717) is 0 Å². The molecule has 0 aliphatic carbocycles. The number of halogens is 1. The standard InChI is InChI=1S/C27H29FN4O2/c1-18-11-22(15-23(28)12-18)25-8-10-31-9-4-5-21(27(31)30-34-25)13-20-6-7-24(26(14-20)33-3)32-16-19(2)29-17-32/h6-7,11-17,25H,4-5,8-10H2,1-3H3/b21-13+/t25-/m1/s1. The van der Waals surface area contributed by atoms with Crippen LogP contribution in [0.1, 0.15) is 47.8 Å². The fourth-order valence-corrected chi connectivity index (χ4v) is 4.72. The average molecular weight is 461 g/mol. The fourth-order valence-electron chi connectivity index (χ4n) is 4.72. The molecule has 0 N–H and O–H groups in total. The number of nitrogens with zero attached hydrogens (tertiary/aromatic N) is 4. The van der Waals surface area contributed by atoms with Crippen molar-refractivity contribution in [3.63, 3.8) is 0 Å². The Morgan fingerprint density at radius 1 is 1.15 bits per heavy atom. The van der Waals surface area contributed by atoms with Crippen LogP contribution in [0.5, 0.6) is 5.75 Å². The molecular formula is C27H29FN4O2. The number of amidine groups is 1. The molecule has 1 atom stereocenters. The van der Waals surface area contributed by atoms with Crippen LogP contribution < -0.4 is 4.74 Å². The number of aryl methyl sites for hydroxylation is 2. The first kappa shape index (κ1) is 22.2. The van der Waals surface area contributed by atoms with Gasteiger partial charge in [-0.2, -0.15) is 0 Å². The maximum absolute atomic E-state index is 14.0. The predicted molar refractivity (Wildman–Crippen MR) is 131 cm³/mol. The lowest BCUT2D eigenvalue weighted by molar-refractivity contribution is 0.0574. The zero-order valence-corrected chi connectivity index (χ0v) is 19.8. The van der Waals surface area contributed by atoms with E-state index in [0.717, 1.165) is 77.6 Å². The number of hydrogen-bond donors (Lipinski definition) is 0. The molecule has 3 heterocycles. The average Bonchev–Trinajstić information content (AvgIpc) is 3.12. The number of oxime groups is 1. The van der Waals surface area contributed by atoms with Crippen molar-refractivity contribution in [1.29, 1.82) is 0 Å². The number of imidazole rings is 1. The SMILES string of the molecule is COc1cc(/C=C2\CCCN3CC[C@H](c4cc(C)cc(F)c4)ON=C23)ccc1-n1cnc(C)c1. The highest BCUT2D eigenvalue weighted by molar-refractivity contribution is 6.02. The van der Waals surface area contributed by atoms with Crippen LogP contribution in [0.4, 0.5) is 4.39 Å². The van der Waals surface area contributed by atoms with Crippen molar-refractivity contribution < 1.29 is 14.0 Å². The lowest BCUT2D eigenvalue weighted by Gasteiger charge is -2.29. The van der Waals surface area contributed by atoms with E-state index in [1.807, 2.05) is 42.8 Å². The zero-order valence-electron chi connectivity index (χ0n) is 19.8. The Morgan fingerprint density at radius 3 is 2.79 bits per heavy atom. The molecule has 0 unspecified atom stereocenters. The smallest absolute Gasteiger partial charge is 0.171 e. The molecule has 0 saturated carbocycles. The van der Waals surface area contributed by atoms with Crippen LogP contribution in [0.15, 0.2) is 59.7 Å². The van der Waals surface area contributed by atoms with Crippen LogP contribution in [-0.4, -0.2) is 40.5 Å². The van der Waals surface area contributed by atoms with E-state index >= 15 is 0 Å². The Morgan fingerprint density at radius 2 is 2.03 bits per heavy atom. The number of rotatable bonds is 4. The first-order valence-electron chi connectivity index (χ1n) is 11.7. The lowest BCUT2D eigenvalue weighted by Crippen LogP contribution is -2.37. The minimum absolute atomic E-state index is 0.239. The molecule has 1 aromatic heterocycles. The summed E-state index contributed by atoms with van der Waals surface area (Å²) in [5, 5.41) is 4.56. The third-order valence-electron chi connectivity index (χ3n) is 6.36. The summed E-state index contributed by atoms with van der Waals surface area (Å²) in [7, 11) is 1.68. The zero-order chi connectivity index (χ0) is 23.7. The molecule has 1 saturated heterocycles. The number of hydrogen-bond acceptors (Lipinski definition) is 5. The second-order valence-corrected chi connectivity index (χ2v) is 8.97. The van der Waals surface area contributed by atoms with Crippen LogP contribution in [0.2, 0.25) is 0 Å². The van der Waals surface area contributed by atoms with Gasteiger partial charge in [0.25, 0.3) is 0 Å². The van der Waals surface area contributed by atoms with Gasteiger partial charge in [-0.3, -0.25) is 0 Å². The second kappa shape index (κ2) is 9.33. The summed E-state index contributed by atoms with van der Waals surface area (Å²) in [6.07, 6.45) is 8.40. The van der Waals surface area contributed by atoms with Gasteiger partial charge in [0.2, 0.25) is 0 Å². The van der Waals surface area contributed by atoms with Gasteiger partial charge in [0.1, 0.15) is 11.6 Å². The molecule has 0 amide bonds. The van der Waals surface area contributed by atoms with Crippen molar-refractivity contribution >= 4 is 11.9 Å². The van der Waals surface area contributed by atoms with Crippen LogP contribution in [0.25, 0.3) is 11.8 Å². The predicted octanol–water partition coefficient (Wildman–Crippen LogP) is 5.59. The van der Waals surface area contributed by atoms with E-state index in [9.17, 15) is 4.39 Å². The normalized spacial score (nSPS) is 19.3. The molecule has 2 aliphatic heterocycles. The van der Waals surface area contributed by atoms with E-state index in [4.69, 9.17) is 9.57 Å². The number of aromatic nitrogens is 2. The van der Waals surface area contributed by atoms with Crippen LogP contribution in [0.3, 0.4) is 0 Å². The maximum atomic E-state index is 14.0. The molecule has 3 aromatic rings. The number of methoxy groups -OCH3 is 1. The first-order chi connectivity index (χ1) is 16.5. The number of benzene rings is 2. The molecule has 6 nitrogen and oxygen atoms in total. The fraction of sp³-hybridized carbons (Fsp3) is 0.333. The van der Waals surface area contributed by atoms with Gasteiger partial charge >= 0.3 is 0 Å². The largest absolute Gasteiger partial charge is 0.495 e. The van der Waals surface area contributed by atoms with E-state index in [1.54, 1.807) is 19.5 Å². The highest BCUT2D eigenvalue weighted by Gasteiger charge is 2.27. The second-order valence-electron chi connectivity index (χ2n) is 8.97. The number of piperidine rings is 1. The maximum Gasteiger partial charge on any atom is 0.171 e. The summed E-state index contributed by atoms with van der Waals surface area (Å²) in [4.78, 5) is 12.6. The molecule has 2 aromatic carbocycles. The summed E-state index contributed by atoms with van der Waals surface area (Å²) in [6.45, 7) is 5.62. The van der Waals surface area contributed by atoms with Crippen molar-refractivity contribution in [1.82, 2.24) is 14.5 Å². The third kappa shape index (κ3) is 4.55. The Bertz CT molecular complexity index is 1240. The summed E-state index contributed by atoms with van der Waals surface area (Å²) in [6, 6.07) is 11.2. The van der Waals surface area contributed by atoms with Gasteiger partial charge < -0.3 is 19.0 Å². The molecule has 1 fully saturated rings. The van der Waals surface area contributed by atoms with Crippen molar-refractivity contribution in [2.24, 2.45) is 5.16 Å². The summed E-state index contributed by atoms with van der Waals surface area (Å²) in [5.74, 6) is 1.41. The van der Waals surface area contributed by atoms with Gasteiger partial charge in [0.05, 0.1) is 24.8 Å². The molecule has 34 heavy (non-hydrogen) atoms. The van der Waals surface area contributed by atoms with Crippen molar-refractivity contribution in [3.8, 4) is 11.4 Å². The third-order valence-corrected chi connectivity index (χ3v) is 6.36. The highest BCUT2D eigenvalue weighted by Crippen LogP contribution is 2.31. The quantitative estimate of drug-likeness (QED) is 0.509. The Hall–Kier alpha value is -3.61. The molecule has 2 aliphatic rings. The lowest BCUT2D eigenvalue weighted by atomic mass is 9.99. The summed E-state index contributed by atoms with van der Waals surface area (Å²) in [5.41, 5.74) is 5.79. The molecule has 176 valence electrons. The van der Waals surface area contributed by atoms with Crippen LogP contribution >= 0.6 is 0 Å². The number of fused-ring (bicyclic) bond motifs is 1. The minimum atomic E-state index is -0.258. The van der Waals surface area contributed by atoms with Gasteiger partial charge in [-0.05, 0) is 79.3 Å². The van der Waals surface area contributed by atoms with Gasteiger partial charge in [-0.15, -0.1) is 0 Å². The summed E-state index contributed by atoms with van der Waals surface area (Å²) < 4.78 is 21.6. The molecule has 7 heteroatoms. The molecule has 0 bridgehead atoms. The monoisotopic (exact) mass is 460 g/mol. The van der Waals surface area contributed by atoms with E-state index in [2.05, 4.69) is 27.2 Å². The van der Waals surface area contributed by atoms with Gasteiger partial charge in [0.15, 0.2) is 11.9 Å². The Labute approximate surface area is 199 Å². The van der Waals surface area contributed by atoms with Crippen LogP contribution in [0, 0.1) is 19.7 Å². The van der Waals surface area contributed by atoms with E-state index < -0.39 is 0 Å². The Kier molecular flexibility index (Phi) is 6.09. The van der Waals surface area contributed by atoms with Gasteiger partial charge in [0, 0.05) is 25.7 Å². The Balaban J connectivity index is 1.43. The first-order valence-corrected chi connectivity index (χ1v) is 11.7. The minimum Gasteiger partial charge on any atom is -0.495 e. The molecular weight excluding hydrogens is 431 g/mol. The van der Waals surface area contributed by atoms with Gasteiger partial charge in [-0.1, -0.05) is 17.3 Å². The van der Waals surface area contributed by atoms with Crippen molar-refractivity contribution in [3.05, 3.63) is 82.7 Å². The topological polar surface area (TPSA) is 51.9 Å². The van der Waals surface area contributed by atoms with Gasteiger partial charge in [-0.25, -0.2) is 9.37 Å². The molecule has 5 rings (SSSR count). The van der Waals surface area contributed by atoms with Crippen molar-refractivity contribution in [2.45, 2.75) is 39.2 Å². The molecule has 0 radical (unpaired) electrons. The van der Waals surface area contributed by atoms with Crippen LogP contribution in [-0.2, 0) is 4.84 Å². The number of ether oxygens (including phenoxy) is 1.